The van der Waals surface area contributed by atoms with Crippen LogP contribution < -0.4 is 5.32 Å². The molecule has 1 aromatic heterocycles. The van der Waals surface area contributed by atoms with Crippen molar-refractivity contribution in [3.8, 4) is 0 Å². The van der Waals surface area contributed by atoms with E-state index < -0.39 is 5.97 Å². The number of carbonyl (C=O) groups excluding carboxylic acids is 1. The number of nitrogens with zero attached hydrogens (tertiary/aromatic N) is 2. The molecule has 1 fully saturated rings. The Morgan fingerprint density at radius 1 is 1.40 bits per heavy atom. The van der Waals surface area contributed by atoms with Gasteiger partial charge in [-0.1, -0.05) is 0 Å². The molecule has 1 aliphatic rings. The Kier molecular flexibility index (Phi) is 4.52. The fourth-order valence-corrected chi connectivity index (χ4v) is 2.05. The monoisotopic (exact) mass is 279 g/mol. The zero-order valence-electron chi connectivity index (χ0n) is 11.0. The minimum atomic E-state index is -1.11. The highest BCUT2D eigenvalue weighted by Gasteiger charge is 2.28. The molecule has 0 aromatic carbocycles. The average Bonchev–Trinajstić information content (AvgIpc) is 2.36. The molecule has 0 spiro atoms. The molecule has 7 heteroatoms. The smallest absolute Gasteiger partial charge is 0.354 e. The quantitative estimate of drug-likeness (QED) is 0.750. The van der Waals surface area contributed by atoms with Crippen molar-refractivity contribution in [2.45, 2.75) is 25.3 Å². The minimum absolute atomic E-state index is 0.0748. The second kappa shape index (κ2) is 6.33. The summed E-state index contributed by atoms with van der Waals surface area (Å²) in [6.07, 6.45) is 4.29. The van der Waals surface area contributed by atoms with Crippen molar-refractivity contribution in [3.63, 3.8) is 0 Å². The standard InChI is InChI=1S/C13H17N3O4/c17-7-6-16(10-2-1-3-10)13(20)15-9-4-5-11(12(18)19)14-8-9/h4-5,8,10,17H,1-3,6-7H2,(H,15,20)(H,18,19). The van der Waals surface area contributed by atoms with Gasteiger partial charge >= 0.3 is 12.0 Å². The Labute approximate surface area is 116 Å². The Hall–Kier alpha value is -2.15. The van der Waals surface area contributed by atoms with Gasteiger partial charge in [0.2, 0.25) is 0 Å². The highest BCUT2D eigenvalue weighted by molar-refractivity contribution is 5.90. The molecule has 7 nitrogen and oxygen atoms in total. The molecule has 1 aliphatic carbocycles. The Balaban J connectivity index is 1.99. The lowest BCUT2D eigenvalue weighted by molar-refractivity contribution is 0.0690. The third-order valence-electron chi connectivity index (χ3n) is 3.35. The summed E-state index contributed by atoms with van der Waals surface area (Å²) in [7, 11) is 0. The molecule has 0 saturated heterocycles. The zero-order chi connectivity index (χ0) is 14.5. The number of carboxylic acid groups (broad SMARTS) is 1. The second-order valence-electron chi connectivity index (χ2n) is 4.67. The van der Waals surface area contributed by atoms with Gasteiger partial charge in [-0.2, -0.15) is 0 Å². The third-order valence-corrected chi connectivity index (χ3v) is 3.35. The van der Waals surface area contributed by atoms with Gasteiger partial charge in [-0.25, -0.2) is 14.6 Å². The van der Waals surface area contributed by atoms with Crippen LogP contribution in [-0.2, 0) is 0 Å². The van der Waals surface area contributed by atoms with Crippen LogP contribution in [0.1, 0.15) is 29.8 Å². The van der Waals surface area contributed by atoms with Crippen LogP contribution in [0.3, 0.4) is 0 Å². The van der Waals surface area contributed by atoms with E-state index in [1.807, 2.05) is 0 Å². The molecule has 0 unspecified atom stereocenters. The van der Waals surface area contributed by atoms with Crippen LogP contribution in [-0.4, -0.2) is 51.3 Å². The summed E-state index contributed by atoms with van der Waals surface area (Å²) in [4.78, 5) is 28.1. The van der Waals surface area contributed by atoms with Crippen molar-refractivity contribution >= 4 is 17.7 Å². The molecule has 0 radical (unpaired) electrons. The fraction of sp³-hybridized carbons (Fsp3) is 0.462. The number of nitrogens with one attached hydrogen (secondary N) is 1. The summed E-state index contributed by atoms with van der Waals surface area (Å²) in [6.45, 7) is 0.206. The summed E-state index contributed by atoms with van der Waals surface area (Å²) in [5.74, 6) is -1.11. The molecule has 0 atom stereocenters. The minimum Gasteiger partial charge on any atom is -0.477 e. The first kappa shape index (κ1) is 14.3. The molecule has 20 heavy (non-hydrogen) atoms. The van der Waals surface area contributed by atoms with Gasteiger partial charge in [0.1, 0.15) is 5.69 Å². The van der Waals surface area contributed by atoms with Gasteiger partial charge in [-0.15, -0.1) is 0 Å². The number of hydrogen-bond donors (Lipinski definition) is 3. The average molecular weight is 279 g/mol. The van der Waals surface area contributed by atoms with E-state index in [0.717, 1.165) is 19.3 Å². The molecule has 1 saturated carbocycles. The first-order valence-electron chi connectivity index (χ1n) is 6.49. The van der Waals surface area contributed by atoms with Crippen LogP contribution in [0.5, 0.6) is 0 Å². The van der Waals surface area contributed by atoms with E-state index in [-0.39, 0.29) is 30.9 Å². The van der Waals surface area contributed by atoms with Crippen molar-refractivity contribution in [1.82, 2.24) is 9.88 Å². The van der Waals surface area contributed by atoms with Crippen molar-refractivity contribution in [1.29, 1.82) is 0 Å². The lowest BCUT2D eigenvalue weighted by atomic mass is 9.92. The topological polar surface area (TPSA) is 103 Å². The summed E-state index contributed by atoms with van der Waals surface area (Å²) in [5, 5.41) is 20.4. The van der Waals surface area contributed by atoms with E-state index >= 15 is 0 Å². The van der Waals surface area contributed by atoms with Crippen LogP contribution in [0.15, 0.2) is 18.3 Å². The molecule has 1 heterocycles. The highest BCUT2D eigenvalue weighted by Crippen LogP contribution is 2.25. The number of rotatable bonds is 5. The van der Waals surface area contributed by atoms with E-state index in [0.29, 0.717) is 5.69 Å². The lowest BCUT2D eigenvalue weighted by Gasteiger charge is -2.37. The third kappa shape index (κ3) is 3.24. The number of amides is 2. The number of carboxylic acids is 1. The number of aliphatic hydroxyl groups excluding tert-OH is 1. The normalized spacial score (nSPS) is 14.4. The molecular formula is C13H17N3O4. The number of pyridine rings is 1. The largest absolute Gasteiger partial charge is 0.477 e. The highest BCUT2D eigenvalue weighted by atomic mass is 16.4. The van der Waals surface area contributed by atoms with Gasteiger partial charge in [0.05, 0.1) is 18.5 Å². The summed E-state index contributed by atoms with van der Waals surface area (Å²) >= 11 is 0. The molecule has 0 bridgehead atoms. The van der Waals surface area contributed by atoms with Crippen molar-refractivity contribution < 1.29 is 19.8 Å². The van der Waals surface area contributed by atoms with E-state index in [4.69, 9.17) is 10.2 Å². The number of hydrogen-bond acceptors (Lipinski definition) is 4. The van der Waals surface area contributed by atoms with Crippen molar-refractivity contribution in [3.05, 3.63) is 24.0 Å². The maximum absolute atomic E-state index is 12.1. The molecule has 0 aliphatic heterocycles. The predicted molar refractivity (Wildman–Crippen MR) is 71.6 cm³/mol. The molecule has 3 N–H and O–H groups in total. The zero-order valence-corrected chi connectivity index (χ0v) is 11.0. The van der Waals surface area contributed by atoms with Gasteiger partial charge in [-0.05, 0) is 31.4 Å². The van der Waals surface area contributed by atoms with Gasteiger partial charge in [0.25, 0.3) is 0 Å². The SMILES string of the molecule is O=C(O)c1ccc(NC(=O)N(CCO)C2CCC2)cn1. The molecule has 1 aromatic rings. The second-order valence-corrected chi connectivity index (χ2v) is 4.67. The molecule has 108 valence electrons. The summed E-state index contributed by atoms with van der Waals surface area (Å²) in [5.41, 5.74) is 0.358. The number of aromatic carboxylic acids is 1. The van der Waals surface area contributed by atoms with Gasteiger partial charge in [-0.3, -0.25) is 0 Å². The van der Waals surface area contributed by atoms with E-state index in [2.05, 4.69) is 10.3 Å². The first-order chi connectivity index (χ1) is 9.61. The maximum atomic E-state index is 12.1. The van der Waals surface area contributed by atoms with Crippen LogP contribution in [0, 0.1) is 0 Å². The van der Waals surface area contributed by atoms with Crippen molar-refractivity contribution in [2.24, 2.45) is 0 Å². The number of aromatic nitrogens is 1. The Morgan fingerprint density at radius 2 is 2.15 bits per heavy atom. The first-order valence-corrected chi connectivity index (χ1v) is 6.49. The Morgan fingerprint density at radius 3 is 2.60 bits per heavy atom. The van der Waals surface area contributed by atoms with Crippen LogP contribution in [0.4, 0.5) is 10.5 Å². The van der Waals surface area contributed by atoms with Gasteiger partial charge in [0.15, 0.2) is 0 Å². The Bertz CT molecular complexity index is 485. The summed E-state index contributed by atoms with van der Waals surface area (Å²) in [6, 6.07) is 2.70. The number of urea groups is 1. The van der Waals surface area contributed by atoms with E-state index in [1.54, 1.807) is 4.90 Å². The molecule has 2 rings (SSSR count). The van der Waals surface area contributed by atoms with E-state index in [1.165, 1.54) is 18.3 Å². The van der Waals surface area contributed by atoms with Crippen molar-refractivity contribution in [2.75, 3.05) is 18.5 Å². The number of anilines is 1. The molecule has 2 amide bonds. The van der Waals surface area contributed by atoms with Crippen LogP contribution in [0.25, 0.3) is 0 Å². The molecular weight excluding hydrogens is 262 g/mol. The van der Waals surface area contributed by atoms with Gasteiger partial charge < -0.3 is 20.4 Å². The van der Waals surface area contributed by atoms with E-state index in [9.17, 15) is 9.59 Å². The van der Waals surface area contributed by atoms with Crippen LogP contribution >= 0.6 is 0 Å². The number of carbonyl (C=O) groups is 2. The number of aliphatic hydroxyl groups is 1. The predicted octanol–water partition coefficient (Wildman–Crippen LogP) is 1.16. The lowest BCUT2D eigenvalue weighted by Crippen LogP contribution is -2.47. The van der Waals surface area contributed by atoms with Crippen LogP contribution in [0.2, 0.25) is 0 Å². The maximum Gasteiger partial charge on any atom is 0.354 e. The summed E-state index contributed by atoms with van der Waals surface area (Å²) < 4.78 is 0. The fourth-order valence-electron chi connectivity index (χ4n) is 2.05. The van der Waals surface area contributed by atoms with Gasteiger partial charge in [0, 0.05) is 12.6 Å².